The van der Waals surface area contributed by atoms with E-state index in [0.29, 0.717) is 22.0 Å². The third-order valence-corrected chi connectivity index (χ3v) is 4.11. The molecule has 2 rings (SSSR count). The largest absolute Gasteiger partial charge is 0.294 e. The van der Waals surface area contributed by atoms with Gasteiger partial charge in [0.25, 0.3) is 0 Å². The van der Waals surface area contributed by atoms with E-state index < -0.39 is 0 Å². The quantitative estimate of drug-likeness (QED) is 0.689. The Labute approximate surface area is 129 Å². The molecule has 2 aromatic carbocycles. The Morgan fingerprint density at radius 3 is 2.45 bits per heavy atom. The average Bonchev–Trinajstić information content (AvgIpc) is 2.42. The van der Waals surface area contributed by atoms with E-state index in [1.807, 2.05) is 0 Å². The number of hydrogen-bond donors (Lipinski definition) is 0. The second-order valence-corrected chi connectivity index (χ2v) is 5.80. The lowest BCUT2D eigenvalue weighted by atomic mass is 9.98. The van der Waals surface area contributed by atoms with Crippen molar-refractivity contribution in [3.63, 3.8) is 0 Å². The Bertz CT molecular complexity index is 647. The van der Waals surface area contributed by atoms with Crippen molar-refractivity contribution >= 4 is 29.0 Å². The molecule has 2 aromatic rings. The first-order chi connectivity index (χ1) is 9.47. The maximum Gasteiger partial charge on any atom is 0.163 e. The number of carbonyl (C=O) groups is 1. The van der Waals surface area contributed by atoms with Gasteiger partial charge in [0.15, 0.2) is 5.78 Å². The molecule has 0 fully saturated rings. The molecule has 20 heavy (non-hydrogen) atoms. The van der Waals surface area contributed by atoms with Crippen LogP contribution in [-0.2, 0) is 6.42 Å². The summed E-state index contributed by atoms with van der Waals surface area (Å²) in [6, 6.07) is 11.3. The molecule has 0 amide bonds. The molecule has 104 valence electrons. The van der Waals surface area contributed by atoms with Crippen molar-refractivity contribution in [1.82, 2.24) is 0 Å². The zero-order valence-corrected chi connectivity index (χ0v) is 13.1. The molecule has 0 radical (unpaired) electrons. The van der Waals surface area contributed by atoms with Crippen LogP contribution in [0.1, 0.15) is 33.5 Å². The van der Waals surface area contributed by atoms with Gasteiger partial charge in [-0.05, 0) is 49.6 Å². The summed E-state index contributed by atoms with van der Waals surface area (Å²) in [5.41, 5.74) is 4.27. The summed E-state index contributed by atoms with van der Waals surface area (Å²) in [4.78, 5) is 12.2. The minimum absolute atomic E-state index is 0.0875. The van der Waals surface area contributed by atoms with Crippen molar-refractivity contribution < 1.29 is 4.79 Å². The fraction of sp³-hybridized carbons (Fsp3) is 0.235. The lowest BCUT2D eigenvalue weighted by Crippen LogP contribution is -2.02. The molecule has 0 saturated carbocycles. The van der Waals surface area contributed by atoms with Crippen LogP contribution in [0, 0.1) is 13.8 Å². The molecule has 0 bridgehead atoms. The highest BCUT2D eigenvalue weighted by atomic mass is 35.5. The van der Waals surface area contributed by atoms with Gasteiger partial charge in [0, 0.05) is 12.0 Å². The molecule has 3 heteroatoms. The number of halogens is 2. The molecule has 0 heterocycles. The topological polar surface area (TPSA) is 17.1 Å². The highest BCUT2D eigenvalue weighted by molar-refractivity contribution is 6.42. The first kappa shape index (κ1) is 15.1. The third-order valence-electron chi connectivity index (χ3n) is 3.37. The van der Waals surface area contributed by atoms with E-state index in [2.05, 4.69) is 32.0 Å². The zero-order valence-electron chi connectivity index (χ0n) is 11.5. The molecule has 0 aromatic heterocycles. The Hall–Kier alpha value is -1.31. The van der Waals surface area contributed by atoms with Gasteiger partial charge in [0.1, 0.15) is 0 Å². The van der Waals surface area contributed by atoms with Crippen LogP contribution in [0.4, 0.5) is 0 Å². The van der Waals surface area contributed by atoms with Gasteiger partial charge in [-0.1, -0.05) is 47.0 Å². The normalized spacial score (nSPS) is 10.6. The van der Waals surface area contributed by atoms with Crippen LogP contribution in [0.3, 0.4) is 0 Å². The van der Waals surface area contributed by atoms with Crippen LogP contribution in [0.15, 0.2) is 36.4 Å². The van der Waals surface area contributed by atoms with Gasteiger partial charge in [-0.3, -0.25) is 4.79 Å². The molecular formula is C17H16Cl2O. The minimum atomic E-state index is 0.0875. The molecule has 0 unspecified atom stereocenters. The molecule has 0 aliphatic carbocycles. The van der Waals surface area contributed by atoms with Gasteiger partial charge in [-0.25, -0.2) is 0 Å². The van der Waals surface area contributed by atoms with Crippen LogP contribution in [0.2, 0.25) is 10.0 Å². The predicted molar refractivity (Wildman–Crippen MR) is 85.0 cm³/mol. The summed E-state index contributed by atoms with van der Waals surface area (Å²) in [7, 11) is 0. The van der Waals surface area contributed by atoms with Crippen LogP contribution in [0.25, 0.3) is 0 Å². The van der Waals surface area contributed by atoms with Crippen LogP contribution in [-0.4, -0.2) is 5.78 Å². The van der Waals surface area contributed by atoms with Crippen molar-refractivity contribution in [2.24, 2.45) is 0 Å². The standard InChI is InChI=1S/C17H16Cl2O/c1-11-3-4-12(2)13(9-11)6-8-17(20)14-5-7-15(18)16(19)10-14/h3-5,7,9-10H,6,8H2,1-2H3. The van der Waals surface area contributed by atoms with Crippen LogP contribution in [0.5, 0.6) is 0 Å². The smallest absolute Gasteiger partial charge is 0.163 e. The zero-order chi connectivity index (χ0) is 14.7. The van der Waals surface area contributed by atoms with Gasteiger partial charge < -0.3 is 0 Å². The SMILES string of the molecule is Cc1ccc(C)c(CCC(=O)c2ccc(Cl)c(Cl)c2)c1. The van der Waals surface area contributed by atoms with E-state index in [1.54, 1.807) is 18.2 Å². The van der Waals surface area contributed by atoms with Crippen LogP contribution >= 0.6 is 23.2 Å². The van der Waals surface area contributed by atoms with Crippen molar-refractivity contribution in [2.45, 2.75) is 26.7 Å². The Morgan fingerprint density at radius 2 is 1.75 bits per heavy atom. The van der Waals surface area contributed by atoms with Gasteiger partial charge >= 0.3 is 0 Å². The molecular weight excluding hydrogens is 291 g/mol. The monoisotopic (exact) mass is 306 g/mol. The van der Waals surface area contributed by atoms with E-state index in [1.165, 1.54) is 16.7 Å². The average molecular weight is 307 g/mol. The van der Waals surface area contributed by atoms with E-state index in [4.69, 9.17) is 23.2 Å². The number of aryl methyl sites for hydroxylation is 3. The summed E-state index contributed by atoms with van der Waals surface area (Å²) < 4.78 is 0. The molecule has 0 saturated heterocycles. The predicted octanol–water partition coefficient (Wildman–Crippen LogP) is 5.43. The van der Waals surface area contributed by atoms with Gasteiger partial charge in [0.2, 0.25) is 0 Å². The lowest BCUT2D eigenvalue weighted by Gasteiger charge is -2.07. The minimum Gasteiger partial charge on any atom is -0.294 e. The second-order valence-electron chi connectivity index (χ2n) is 4.98. The number of carbonyl (C=O) groups excluding carboxylic acids is 1. The van der Waals surface area contributed by atoms with Gasteiger partial charge in [-0.15, -0.1) is 0 Å². The maximum atomic E-state index is 12.2. The van der Waals surface area contributed by atoms with Crippen molar-refractivity contribution in [3.05, 3.63) is 68.7 Å². The fourth-order valence-electron chi connectivity index (χ4n) is 2.13. The first-order valence-corrected chi connectivity index (χ1v) is 7.27. The maximum absolute atomic E-state index is 12.2. The number of hydrogen-bond acceptors (Lipinski definition) is 1. The lowest BCUT2D eigenvalue weighted by molar-refractivity contribution is 0.0983. The van der Waals surface area contributed by atoms with Crippen molar-refractivity contribution in [1.29, 1.82) is 0 Å². The Balaban J connectivity index is 2.08. The number of rotatable bonds is 4. The number of ketones is 1. The summed E-state index contributed by atoms with van der Waals surface area (Å²) in [6.07, 6.45) is 1.22. The van der Waals surface area contributed by atoms with Crippen LogP contribution < -0.4 is 0 Å². The highest BCUT2D eigenvalue weighted by Crippen LogP contribution is 2.23. The third kappa shape index (κ3) is 3.62. The summed E-state index contributed by atoms with van der Waals surface area (Å²) in [6.45, 7) is 4.13. The van der Waals surface area contributed by atoms with E-state index >= 15 is 0 Å². The fourth-order valence-corrected chi connectivity index (χ4v) is 2.43. The molecule has 1 nitrogen and oxygen atoms in total. The Morgan fingerprint density at radius 1 is 1.00 bits per heavy atom. The summed E-state index contributed by atoms with van der Waals surface area (Å²) in [5, 5.41) is 0.891. The van der Waals surface area contributed by atoms with E-state index in [-0.39, 0.29) is 5.78 Å². The van der Waals surface area contributed by atoms with E-state index in [9.17, 15) is 4.79 Å². The molecule has 0 spiro atoms. The number of Topliss-reactive ketones (excluding diaryl/α,β-unsaturated/α-hetero) is 1. The second kappa shape index (κ2) is 6.43. The highest BCUT2D eigenvalue weighted by Gasteiger charge is 2.09. The first-order valence-electron chi connectivity index (χ1n) is 6.52. The Kier molecular flexibility index (Phi) is 4.85. The van der Waals surface area contributed by atoms with Crippen molar-refractivity contribution in [3.8, 4) is 0 Å². The number of benzene rings is 2. The molecule has 0 atom stereocenters. The molecule has 0 N–H and O–H groups in total. The summed E-state index contributed by atoms with van der Waals surface area (Å²) >= 11 is 11.8. The molecule has 0 aliphatic rings. The van der Waals surface area contributed by atoms with Crippen molar-refractivity contribution in [2.75, 3.05) is 0 Å². The van der Waals surface area contributed by atoms with Gasteiger partial charge in [0.05, 0.1) is 10.0 Å². The summed E-state index contributed by atoms with van der Waals surface area (Å²) in [5.74, 6) is 0.0875. The van der Waals surface area contributed by atoms with Gasteiger partial charge in [-0.2, -0.15) is 0 Å². The van der Waals surface area contributed by atoms with E-state index in [0.717, 1.165) is 6.42 Å². The molecule has 0 aliphatic heterocycles.